The average molecular weight is 448 g/mol. The predicted molar refractivity (Wildman–Crippen MR) is 73.8 cm³/mol. The zero-order valence-corrected chi connectivity index (χ0v) is 13.9. The van der Waals surface area contributed by atoms with Crippen LogP contribution in [0.4, 0.5) is 0 Å². The van der Waals surface area contributed by atoms with Gasteiger partial charge in [-0.15, -0.1) is 0 Å². The molecule has 0 N–H and O–H groups in total. The zero-order valence-electron chi connectivity index (χ0n) is 8.59. The molecular weight excluding hydrogens is 433 g/mol. The zero-order chi connectivity index (χ0) is 10.6. The van der Waals surface area contributed by atoms with Gasteiger partial charge >= 0.3 is 49.1 Å². The molecule has 0 aliphatic rings. The molecule has 0 aliphatic carbocycles. The third-order valence-corrected chi connectivity index (χ3v) is 2.81. The normalized spacial score (nSPS) is 9.77. The average Bonchev–Trinajstić information content (AvgIpc) is 2.25. The van der Waals surface area contributed by atoms with Crippen LogP contribution in [0, 0.1) is 34.6 Å². The van der Waals surface area contributed by atoms with Crippen LogP contribution in [0.3, 0.4) is 0 Å². The molecule has 0 radical (unpaired) electrons. The van der Waals surface area contributed by atoms with E-state index in [0.29, 0.717) is 0 Å². The van der Waals surface area contributed by atoms with Crippen LogP contribution in [0.2, 0.25) is 0 Å². The van der Waals surface area contributed by atoms with E-state index in [4.69, 9.17) is 0 Å². The van der Waals surface area contributed by atoms with Crippen molar-refractivity contribution in [2.45, 2.75) is 34.6 Å². The van der Waals surface area contributed by atoms with Gasteiger partial charge in [0.1, 0.15) is 0 Å². The first-order chi connectivity index (χ1) is 5.97. The molecule has 1 aromatic rings. The molecule has 0 amide bonds. The van der Waals surface area contributed by atoms with Crippen LogP contribution in [0.5, 0.6) is 0 Å². The summed E-state index contributed by atoms with van der Waals surface area (Å²) in [6.07, 6.45) is 0. The standard InChI is InChI=1S/C10H15.Co.2HI/c1-6-7(2)9(4)10(5)8(6)3;;;/h1-5H3;;2*1H/q-1;+2;;/p-2. The van der Waals surface area contributed by atoms with Gasteiger partial charge in [0.05, 0.1) is 0 Å². The summed E-state index contributed by atoms with van der Waals surface area (Å²) in [4.78, 5) is 0. The van der Waals surface area contributed by atoms with Crippen molar-refractivity contribution in [1.29, 1.82) is 0 Å². The second kappa shape index (κ2) is 6.74. The van der Waals surface area contributed by atoms with E-state index in [1.807, 2.05) is 0 Å². The van der Waals surface area contributed by atoms with Gasteiger partial charge in [0, 0.05) is 0 Å². The second-order valence-electron chi connectivity index (χ2n) is 3.17. The minimum absolute atomic E-state index is 1.38. The van der Waals surface area contributed by atoms with Gasteiger partial charge in [-0.05, 0) is 0 Å². The van der Waals surface area contributed by atoms with Crippen molar-refractivity contribution in [2.75, 3.05) is 0 Å². The first kappa shape index (κ1) is 14.3. The third kappa shape index (κ3) is 3.75. The van der Waals surface area contributed by atoms with Crippen LogP contribution in [-0.2, 0) is 8.26 Å². The van der Waals surface area contributed by atoms with E-state index in [0.717, 1.165) is 0 Å². The van der Waals surface area contributed by atoms with Crippen molar-refractivity contribution in [3.63, 3.8) is 0 Å². The first-order valence-corrected chi connectivity index (χ1v) is 10.7. The molecule has 0 aromatic heterocycles. The number of hydrogen-bond acceptors (Lipinski definition) is 0. The van der Waals surface area contributed by atoms with Gasteiger partial charge < -0.3 is 0 Å². The Kier molecular flexibility index (Phi) is 7.42. The predicted octanol–water partition coefficient (Wildman–Crippen LogP) is 4.72. The summed E-state index contributed by atoms with van der Waals surface area (Å²) in [5, 5.41) is 0. The molecule has 0 heterocycles. The van der Waals surface area contributed by atoms with E-state index in [9.17, 15) is 0 Å². The van der Waals surface area contributed by atoms with Crippen molar-refractivity contribution in [3.05, 3.63) is 27.8 Å². The molecule has 0 aliphatic heterocycles. The van der Waals surface area contributed by atoms with Gasteiger partial charge in [-0.2, -0.15) is 27.8 Å². The molecule has 0 fully saturated rings. The van der Waals surface area contributed by atoms with Crippen molar-refractivity contribution >= 4 is 40.8 Å². The number of halogens is 2. The summed E-state index contributed by atoms with van der Waals surface area (Å²) >= 11 is 4.49. The number of hydrogen-bond donors (Lipinski definition) is 0. The monoisotopic (exact) mass is 448 g/mol. The minimum atomic E-state index is 1.38. The van der Waals surface area contributed by atoms with Gasteiger partial charge in [0.15, 0.2) is 0 Å². The Labute approximate surface area is 110 Å². The van der Waals surface area contributed by atoms with Gasteiger partial charge in [-0.25, -0.2) is 0 Å². The Balaban J connectivity index is 0.000000424. The summed E-state index contributed by atoms with van der Waals surface area (Å²) in [6, 6.07) is 0. The molecular formula is C10H15CoI2-. The fourth-order valence-electron chi connectivity index (χ4n) is 1.41. The van der Waals surface area contributed by atoms with E-state index >= 15 is 0 Å². The van der Waals surface area contributed by atoms with E-state index in [2.05, 4.69) is 75.4 Å². The summed E-state index contributed by atoms with van der Waals surface area (Å²) in [5.41, 5.74) is 7.34. The molecule has 79 valence electrons. The SMILES string of the molecule is Cc1c(C)c(C)[c-](C)c1C.[I][Co][I]. The van der Waals surface area contributed by atoms with Gasteiger partial charge in [-0.3, -0.25) is 0 Å². The van der Waals surface area contributed by atoms with Gasteiger partial charge in [-0.1, -0.05) is 34.6 Å². The molecule has 1 rings (SSSR count). The van der Waals surface area contributed by atoms with Crippen LogP contribution >= 0.6 is 40.8 Å². The van der Waals surface area contributed by atoms with Crippen LogP contribution in [0.25, 0.3) is 0 Å². The molecule has 3 heteroatoms. The molecule has 0 saturated carbocycles. The maximum atomic E-state index is 2.24. The van der Waals surface area contributed by atoms with E-state index in [1.165, 1.54) is 36.1 Å². The van der Waals surface area contributed by atoms with Crippen LogP contribution < -0.4 is 0 Å². The second-order valence-corrected chi connectivity index (χ2v) is 12.0. The molecule has 0 unspecified atom stereocenters. The van der Waals surface area contributed by atoms with Crippen molar-refractivity contribution in [3.8, 4) is 0 Å². The molecule has 1 aromatic carbocycles. The summed E-state index contributed by atoms with van der Waals surface area (Å²) in [6.45, 7) is 11.0. The molecule has 0 atom stereocenters. The van der Waals surface area contributed by atoms with Gasteiger partial charge in [0.25, 0.3) is 0 Å². The first-order valence-electron chi connectivity index (χ1n) is 4.00. The van der Waals surface area contributed by atoms with Crippen molar-refractivity contribution < 1.29 is 8.26 Å². The summed E-state index contributed by atoms with van der Waals surface area (Å²) in [5.74, 6) is 0. The van der Waals surface area contributed by atoms with Crippen molar-refractivity contribution in [2.24, 2.45) is 0 Å². The van der Waals surface area contributed by atoms with Crippen molar-refractivity contribution in [1.82, 2.24) is 0 Å². The summed E-state index contributed by atoms with van der Waals surface area (Å²) < 4.78 is 0. The Hall–Kier alpha value is 1.32. The quantitative estimate of drug-likeness (QED) is 0.399. The van der Waals surface area contributed by atoms with E-state index in [-0.39, 0.29) is 0 Å². The Morgan fingerprint density at radius 1 is 0.923 bits per heavy atom. The molecule has 0 bridgehead atoms. The molecule has 13 heavy (non-hydrogen) atoms. The fraction of sp³-hybridized carbons (Fsp3) is 0.500. The molecule has 0 spiro atoms. The van der Waals surface area contributed by atoms with E-state index in [1.54, 1.807) is 0 Å². The van der Waals surface area contributed by atoms with Crippen LogP contribution in [0.15, 0.2) is 0 Å². The number of rotatable bonds is 0. The fourth-order valence-corrected chi connectivity index (χ4v) is 1.41. The van der Waals surface area contributed by atoms with Gasteiger partial charge in [0.2, 0.25) is 0 Å². The molecule has 0 saturated heterocycles. The topological polar surface area (TPSA) is 0 Å². The molecule has 0 nitrogen and oxygen atoms in total. The maximum absolute atomic E-state index is 2.24. The summed E-state index contributed by atoms with van der Waals surface area (Å²) in [7, 11) is 1.38. The van der Waals surface area contributed by atoms with Crippen LogP contribution in [0.1, 0.15) is 27.8 Å². The van der Waals surface area contributed by atoms with E-state index < -0.39 is 0 Å². The Morgan fingerprint density at radius 3 is 1.23 bits per heavy atom. The Bertz CT molecular complexity index is 197. The van der Waals surface area contributed by atoms with Crippen LogP contribution in [-0.4, -0.2) is 0 Å². The third-order valence-electron chi connectivity index (χ3n) is 2.81. The Morgan fingerprint density at radius 2 is 1.15 bits per heavy atom.